The highest BCUT2D eigenvalue weighted by molar-refractivity contribution is 5.80. The van der Waals surface area contributed by atoms with E-state index in [-0.39, 0.29) is 17.6 Å². The van der Waals surface area contributed by atoms with E-state index in [1.165, 1.54) is 18.3 Å². The van der Waals surface area contributed by atoms with Crippen molar-refractivity contribution in [1.29, 1.82) is 0 Å². The number of rotatable bonds is 6. The topological polar surface area (TPSA) is 84.3 Å². The maximum atomic E-state index is 13.4. The van der Waals surface area contributed by atoms with Crippen LogP contribution in [0.4, 0.5) is 48.3 Å². The van der Waals surface area contributed by atoms with Gasteiger partial charge < -0.3 is 10.1 Å². The standard InChI is InChI=1S/C18H11F7N6O/c19-14-6-3-11(7-13(14)17(20,21)22)29-15-26-9-27-16(30-15)31-28-8-10-1-4-12(5-2-10)32-18(23,24)25/h1-9H,(H2,26,27,29,30,31)/b28-8+. The van der Waals surface area contributed by atoms with Gasteiger partial charge in [-0.05, 0) is 48.0 Å². The lowest BCUT2D eigenvalue weighted by Crippen LogP contribution is -2.17. The molecule has 0 aliphatic carbocycles. The Bertz CT molecular complexity index is 1100. The molecular weight excluding hydrogens is 449 g/mol. The number of halogens is 7. The number of hydrogen-bond donors (Lipinski definition) is 2. The Morgan fingerprint density at radius 1 is 0.906 bits per heavy atom. The highest BCUT2D eigenvalue weighted by Gasteiger charge is 2.34. The summed E-state index contributed by atoms with van der Waals surface area (Å²) in [5.74, 6) is -2.06. The first-order chi connectivity index (χ1) is 15.0. The summed E-state index contributed by atoms with van der Waals surface area (Å²) in [5.41, 5.74) is 1.29. The molecule has 7 nitrogen and oxygen atoms in total. The van der Waals surface area contributed by atoms with Crippen molar-refractivity contribution in [3.63, 3.8) is 0 Å². The van der Waals surface area contributed by atoms with Crippen LogP contribution in [0, 0.1) is 5.82 Å². The average Bonchev–Trinajstić information content (AvgIpc) is 2.69. The summed E-state index contributed by atoms with van der Waals surface area (Å²) in [6.07, 6.45) is -7.38. The van der Waals surface area contributed by atoms with Crippen LogP contribution in [0.5, 0.6) is 5.75 Å². The van der Waals surface area contributed by atoms with Crippen molar-refractivity contribution in [3.05, 3.63) is 65.7 Å². The van der Waals surface area contributed by atoms with Crippen molar-refractivity contribution in [1.82, 2.24) is 15.0 Å². The maximum absolute atomic E-state index is 13.4. The van der Waals surface area contributed by atoms with Gasteiger partial charge in [0.25, 0.3) is 0 Å². The molecule has 0 radical (unpaired) electrons. The third-order valence-electron chi connectivity index (χ3n) is 3.59. The zero-order valence-corrected chi connectivity index (χ0v) is 15.5. The van der Waals surface area contributed by atoms with E-state index in [2.05, 4.69) is 35.5 Å². The molecule has 14 heteroatoms. The van der Waals surface area contributed by atoms with Crippen molar-refractivity contribution < 1.29 is 35.5 Å². The zero-order chi connectivity index (χ0) is 23.4. The summed E-state index contributed by atoms with van der Waals surface area (Å²) in [5, 5.41) is 6.30. The van der Waals surface area contributed by atoms with Gasteiger partial charge in [0.05, 0.1) is 11.8 Å². The molecule has 0 aliphatic heterocycles. The second kappa shape index (κ2) is 9.03. The molecule has 0 bridgehead atoms. The van der Waals surface area contributed by atoms with Gasteiger partial charge in [0, 0.05) is 5.69 Å². The molecule has 32 heavy (non-hydrogen) atoms. The molecule has 0 aliphatic rings. The molecule has 0 fully saturated rings. The van der Waals surface area contributed by atoms with Crippen molar-refractivity contribution in [2.75, 3.05) is 10.7 Å². The molecule has 0 unspecified atom stereocenters. The lowest BCUT2D eigenvalue weighted by molar-refractivity contribution is -0.274. The van der Waals surface area contributed by atoms with Crippen LogP contribution in [0.25, 0.3) is 0 Å². The van der Waals surface area contributed by atoms with Crippen molar-refractivity contribution in [2.24, 2.45) is 5.10 Å². The van der Waals surface area contributed by atoms with E-state index in [0.717, 1.165) is 24.5 Å². The van der Waals surface area contributed by atoms with Crippen LogP contribution >= 0.6 is 0 Å². The molecule has 0 saturated heterocycles. The Kier molecular flexibility index (Phi) is 6.41. The number of nitrogens with one attached hydrogen (secondary N) is 2. The molecule has 1 heterocycles. The van der Waals surface area contributed by atoms with Gasteiger partial charge in [0.1, 0.15) is 17.9 Å². The first kappa shape index (κ1) is 22.7. The molecule has 3 aromatic rings. The number of nitrogens with zero attached hydrogens (tertiary/aromatic N) is 4. The Morgan fingerprint density at radius 3 is 2.25 bits per heavy atom. The summed E-state index contributed by atoms with van der Waals surface area (Å²) in [4.78, 5) is 11.4. The van der Waals surface area contributed by atoms with Crippen LogP contribution in [0.1, 0.15) is 11.1 Å². The number of alkyl halides is 6. The molecule has 3 rings (SSSR count). The number of ether oxygens (including phenoxy) is 1. The quantitative estimate of drug-likeness (QED) is 0.302. The van der Waals surface area contributed by atoms with Gasteiger partial charge in [0.2, 0.25) is 11.9 Å². The van der Waals surface area contributed by atoms with Gasteiger partial charge in [-0.1, -0.05) is 0 Å². The third kappa shape index (κ3) is 6.52. The van der Waals surface area contributed by atoms with Gasteiger partial charge in [-0.15, -0.1) is 13.2 Å². The van der Waals surface area contributed by atoms with Gasteiger partial charge in [-0.25, -0.2) is 14.8 Å². The molecule has 168 valence electrons. The Balaban J connectivity index is 1.64. The normalized spacial score (nSPS) is 12.1. The zero-order valence-electron chi connectivity index (χ0n) is 15.5. The first-order valence-corrected chi connectivity index (χ1v) is 8.47. The molecule has 0 saturated carbocycles. The van der Waals surface area contributed by atoms with E-state index in [0.29, 0.717) is 17.7 Å². The van der Waals surface area contributed by atoms with E-state index < -0.39 is 29.7 Å². The predicted molar refractivity (Wildman–Crippen MR) is 98.9 cm³/mol. The Morgan fingerprint density at radius 2 is 1.59 bits per heavy atom. The fourth-order valence-electron chi connectivity index (χ4n) is 2.28. The highest BCUT2D eigenvalue weighted by Crippen LogP contribution is 2.33. The molecule has 0 spiro atoms. The van der Waals surface area contributed by atoms with Crippen LogP contribution in [-0.2, 0) is 6.18 Å². The summed E-state index contributed by atoms with van der Waals surface area (Å²) >= 11 is 0. The first-order valence-electron chi connectivity index (χ1n) is 8.47. The Hall–Kier alpha value is -3.97. The minimum absolute atomic E-state index is 0.0890. The van der Waals surface area contributed by atoms with Gasteiger partial charge in [0.15, 0.2) is 0 Å². The minimum atomic E-state index is -4.88. The summed E-state index contributed by atoms with van der Waals surface area (Å²) in [6, 6.07) is 7.12. The number of hydrogen-bond acceptors (Lipinski definition) is 7. The second-order valence-corrected chi connectivity index (χ2v) is 5.94. The van der Waals surface area contributed by atoms with Crippen molar-refractivity contribution >= 4 is 23.8 Å². The lowest BCUT2D eigenvalue weighted by Gasteiger charge is -2.11. The second-order valence-electron chi connectivity index (χ2n) is 5.94. The van der Waals surface area contributed by atoms with E-state index in [1.54, 1.807) is 0 Å². The monoisotopic (exact) mass is 460 g/mol. The summed E-state index contributed by atoms with van der Waals surface area (Å²) < 4.78 is 92.0. The van der Waals surface area contributed by atoms with Crippen LogP contribution < -0.4 is 15.5 Å². The number of hydrazone groups is 1. The summed E-state index contributed by atoms with van der Waals surface area (Å²) in [6.45, 7) is 0. The number of aromatic nitrogens is 3. The minimum Gasteiger partial charge on any atom is -0.406 e. The average molecular weight is 460 g/mol. The lowest BCUT2D eigenvalue weighted by atomic mass is 10.2. The SMILES string of the molecule is Fc1ccc(Nc2ncnc(N/N=C/c3ccc(OC(F)(F)F)cc3)n2)cc1C(F)(F)F. The van der Waals surface area contributed by atoms with E-state index in [9.17, 15) is 30.7 Å². The molecule has 0 amide bonds. The predicted octanol–water partition coefficient (Wildman–Crippen LogP) is 5.12. The van der Waals surface area contributed by atoms with Crippen LogP contribution in [-0.4, -0.2) is 27.5 Å². The molecule has 0 atom stereocenters. The summed E-state index contributed by atoms with van der Waals surface area (Å²) in [7, 11) is 0. The maximum Gasteiger partial charge on any atom is 0.573 e. The smallest absolute Gasteiger partial charge is 0.406 e. The van der Waals surface area contributed by atoms with Crippen molar-refractivity contribution in [3.8, 4) is 5.75 Å². The highest BCUT2D eigenvalue weighted by atomic mass is 19.4. The molecule has 1 aromatic heterocycles. The van der Waals surface area contributed by atoms with E-state index in [1.807, 2.05) is 0 Å². The van der Waals surface area contributed by atoms with Gasteiger partial charge >= 0.3 is 12.5 Å². The van der Waals surface area contributed by atoms with E-state index in [4.69, 9.17) is 0 Å². The number of anilines is 3. The molecule has 2 N–H and O–H groups in total. The van der Waals surface area contributed by atoms with Crippen LogP contribution in [0.15, 0.2) is 53.9 Å². The fraction of sp³-hybridized carbons (Fsp3) is 0.111. The Labute approximate surface area is 175 Å². The third-order valence-corrected chi connectivity index (χ3v) is 3.59. The van der Waals surface area contributed by atoms with Crippen LogP contribution in [0.3, 0.4) is 0 Å². The largest absolute Gasteiger partial charge is 0.573 e. The van der Waals surface area contributed by atoms with E-state index >= 15 is 0 Å². The van der Waals surface area contributed by atoms with Crippen molar-refractivity contribution in [2.45, 2.75) is 12.5 Å². The van der Waals surface area contributed by atoms with Gasteiger partial charge in [-0.3, -0.25) is 0 Å². The van der Waals surface area contributed by atoms with Gasteiger partial charge in [-0.2, -0.15) is 28.2 Å². The number of benzene rings is 2. The fourth-order valence-corrected chi connectivity index (χ4v) is 2.28. The molecule has 2 aromatic carbocycles. The molecular formula is C18H11F7N6O. The van der Waals surface area contributed by atoms with Crippen LogP contribution in [0.2, 0.25) is 0 Å².